The summed E-state index contributed by atoms with van der Waals surface area (Å²) in [5, 5.41) is 0. The SMILES string of the molecule is Cc1cc(SCC2Cn3ccc(=O)nc3O2)ccc1C(C)C. The van der Waals surface area contributed by atoms with Crippen molar-refractivity contribution in [3.05, 3.63) is 51.9 Å². The second-order valence-electron chi connectivity index (χ2n) is 5.92. The zero-order valence-electron chi connectivity index (χ0n) is 13.1. The Balaban J connectivity index is 1.62. The highest BCUT2D eigenvalue weighted by Crippen LogP contribution is 2.28. The smallest absolute Gasteiger partial charge is 0.300 e. The Labute approximate surface area is 134 Å². The second kappa shape index (κ2) is 6.16. The van der Waals surface area contributed by atoms with Gasteiger partial charge in [-0.25, -0.2) is 0 Å². The van der Waals surface area contributed by atoms with E-state index in [-0.39, 0.29) is 11.7 Å². The highest BCUT2D eigenvalue weighted by Gasteiger charge is 2.23. The molecule has 22 heavy (non-hydrogen) atoms. The molecule has 0 spiro atoms. The van der Waals surface area contributed by atoms with E-state index in [1.165, 1.54) is 22.1 Å². The maximum Gasteiger partial charge on any atom is 0.300 e. The van der Waals surface area contributed by atoms with Crippen LogP contribution in [-0.4, -0.2) is 21.4 Å². The van der Waals surface area contributed by atoms with Crippen LogP contribution in [0.4, 0.5) is 0 Å². The lowest BCUT2D eigenvalue weighted by atomic mass is 9.98. The fraction of sp³-hybridized carbons (Fsp3) is 0.412. The van der Waals surface area contributed by atoms with Crippen LogP contribution in [0.15, 0.2) is 40.2 Å². The number of thioether (sulfide) groups is 1. The van der Waals surface area contributed by atoms with Crippen LogP contribution >= 0.6 is 11.8 Å². The standard InChI is InChI=1S/C17H20N2O2S/c1-11(2)15-5-4-14(8-12(15)3)22-10-13-9-19-7-6-16(20)18-17(19)21-13/h4-8,11,13H,9-10H2,1-3H3. The lowest BCUT2D eigenvalue weighted by molar-refractivity contribution is 0.250. The van der Waals surface area contributed by atoms with Gasteiger partial charge in [0.05, 0.1) is 6.54 Å². The number of ether oxygens (including phenoxy) is 1. The first-order valence-electron chi connectivity index (χ1n) is 7.50. The normalized spacial score (nSPS) is 16.6. The largest absolute Gasteiger partial charge is 0.458 e. The molecule has 0 amide bonds. The molecule has 116 valence electrons. The van der Waals surface area contributed by atoms with E-state index in [0.29, 0.717) is 11.9 Å². The van der Waals surface area contributed by atoms with Gasteiger partial charge in [-0.3, -0.25) is 9.36 Å². The Bertz CT molecular complexity index is 740. The lowest BCUT2D eigenvalue weighted by Crippen LogP contribution is -2.17. The van der Waals surface area contributed by atoms with Crippen molar-refractivity contribution in [2.45, 2.75) is 44.2 Å². The third-order valence-corrected chi connectivity index (χ3v) is 4.95. The molecule has 1 aliphatic heterocycles. The highest BCUT2D eigenvalue weighted by atomic mass is 32.2. The number of hydrogen-bond donors (Lipinski definition) is 0. The second-order valence-corrected chi connectivity index (χ2v) is 7.02. The molecule has 2 heterocycles. The number of benzene rings is 1. The van der Waals surface area contributed by atoms with Crippen LogP contribution in [-0.2, 0) is 6.54 Å². The first-order valence-corrected chi connectivity index (χ1v) is 8.49. The molecular weight excluding hydrogens is 296 g/mol. The van der Waals surface area contributed by atoms with E-state index in [2.05, 4.69) is 44.0 Å². The Morgan fingerprint density at radius 2 is 2.23 bits per heavy atom. The fourth-order valence-electron chi connectivity index (χ4n) is 2.71. The number of aryl methyl sites for hydroxylation is 1. The number of hydrogen-bond acceptors (Lipinski definition) is 4. The van der Waals surface area contributed by atoms with Gasteiger partial charge in [-0.1, -0.05) is 19.9 Å². The Hall–Kier alpha value is -1.75. The van der Waals surface area contributed by atoms with Gasteiger partial charge in [0.2, 0.25) is 0 Å². The van der Waals surface area contributed by atoms with Crippen molar-refractivity contribution < 1.29 is 4.74 Å². The molecule has 1 aliphatic rings. The molecule has 1 aromatic heterocycles. The predicted octanol–water partition coefficient (Wildman–Crippen LogP) is 3.23. The quantitative estimate of drug-likeness (QED) is 0.812. The van der Waals surface area contributed by atoms with Crippen LogP contribution in [0.3, 0.4) is 0 Å². The number of nitrogens with zero attached hydrogens (tertiary/aromatic N) is 2. The Morgan fingerprint density at radius 1 is 1.41 bits per heavy atom. The van der Waals surface area contributed by atoms with Crippen molar-refractivity contribution >= 4 is 11.8 Å². The minimum Gasteiger partial charge on any atom is -0.458 e. The van der Waals surface area contributed by atoms with Crippen LogP contribution in [0.2, 0.25) is 0 Å². The first kappa shape index (κ1) is 15.2. The summed E-state index contributed by atoms with van der Waals surface area (Å²) < 4.78 is 7.62. The lowest BCUT2D eigenvalue weighted by Gasteiger charge is -2.12. The summed E-state index contributed by atoms with van der Waals surface area (Å²) in [6.45, 7) is 7.34. The maximum absolute atomic E-state index is 11.2. The van der Waals surface area contributed by atoms with Gasteiger partial charge in [-0.05, 0) is 36.1 Å². The van der Waals surface area contributed by atoms with E-state index in [1.54, 1.807) is 18.0 Å². The molecule has 0 aliphatic carbocycles. The molecule has 0 bridgehead atoms. The molecule has 3 rings (SSSR count). The van der Waals surface area contributed by atoms with E-state index in [0.717, 1.165) is 12.3 Å². The van der Waals surface area contributed by atoms with Crippen molar-refractivity contribution in [1.82, 2.24) is 9.55 Å². The van der Waals surface area contributed by atoms with Gasteiger partial charge in [0.15, 0.2) is 0 Å². The van der Waals surface area contributed by atoms with Crippen molar-refractivity contribution in [3.8, 4) is 6.01 Å². The number of rotatable bonds is 4. The van der Waals surface area contributed by atoms with Crippen molar-refractivity contribution in [3.63, 3.8) is 0 Å². The van der Waals surface area contributed by atoms with Gasteiger partial charge in [0, 0.05) is 22.9 Å². The van der Waals surface area contributed by atoms with E-state index >= 15 is 0 Å². The molecule has 1 unspecified atom stereocenters. The zero-order valence-corrected chi connectivity index (χ0v) is 13.9. The van der Waals surface area contributed by atoms with Crippen molar-refractivity contribution in [2.24, 2.45) is 0 Å². The zero-order chi connectivity index (χ0) is 15.7. The van der Waals surface area contributed by atoms with E-state index < -0.39 is 0 Å². The topological polar surface area (TPSA) is 44.1 Å². The minimum atomic E-state index is -0.251. The third-order valence-electron chi connectivity index (χ3n) is 3.82. The Morgan fingerprint density at radius 3 is 2.95 bits per heavy atom. The van der Waals surface area contributed by atoms with Gasteiger partial charge in [-0.15, -0.1) is 11.8 Å². The molecule has 0 saturated carbocycles. The summed E-state index contributed by atoms with van der Waals surface area (Å²) >= 11 is 1.78. The number of aromatic nitrogens is 2. The molecule has 1 aromatic carbocycles. The van der Waals surface area contributed by atoms with Gasteiger partial charge in [0.25, 0.3) is 11.6 Å². The summed E-state index contributed by atoms with van der Waals surface area (Å²) in [5.41, 5.74) is 2.48. The molecule has 5 heteroatoms. The van der Waals surface area contributed by atoms with E-state index in [1.807, 2.05) is 4.57 Å². The van der Waals surface area contributed by atoms with Crippen LogP contribution in [0.1, 0.15) is 30.9 Å². The van der Waals surface area contributed by atoms with Crippen LogP contribution in [0.5, 0.6) is 6.01 Å². The summed E-state index contributed by atoms with van der Waals surface area (Å²) in [6, 6.07) is 8.53. The van der Waals surface area contributed by atoms with E-state index in [4.69, 9.17) is 4.74 Å². The van der Waals surface area contributed by atoms with Gasteiger partial charge < -0.3 is 4.74 Å². The van der Waals surface area contributed by atoms with Gasteiger partial charge in [0.1, 0.15) is 6.10 Å². The molecule has 1 atom stereocenters. The third kappa shape index (κ3) is 3.19. The summed E-state index contributed by atoms with van der Waals surface area (Å²) in [6.07, 6.45) is 1.81. The van der Waals surface area contributed by atoms with Gasteiger partial charge >= 0.3 is 0 Å². The Kier molecular flexibility index (Phi) is 4.25. The minimum absolute atomic E-state index is 0.0596. The van der Waals surface area contributed by atoms with Crippen LogP contribution in [0.25, 0.3) is 0 Å². The fourth-order valence-corrected chi connectivity index (χ4v) is 3.69. The highest BCUT2D eigenvalue weighted by molar-refractivity contribution is 7.99. The monoisotopic (exact) mass is 316 g/mol. The van der Waals surface area contributed by atoms with Gasteiger partial charge in [-0.2, -0.15) is 4.98 Å². The predicted molar refractivity (Wildman–Crippen MR) is 88.9 cm³/mol. The summed E-state index contributed by atoms with van der Waals surface area (Å²) in [5.74, 6) is 1.40. The molecule has 0 saturated heterocycles. The molecule has 0 N–H and O–H groups in total. The number of fused-ring (bicyclic) bond motifs is 1. The van der Waals surface area contributed by atoms with E-state index in [9.17, 15) is 4.79 Å². The average Bonchev–Trinajstić information content (AvgIpc) is 2.86. The first-order chi connectivity index (χ1) is 10.5. The van der Waals surface area contributed by atoms with Crippen LogP contribution < -0.4 is 10.3 Å². The molecule has 0 radical (unpaired) electrons. The van der Waals surface area contributed by atoms with Crippen LogP contribution in [0, 0.1) is 6.92 Å². The summed E-state index contributed by atoms with van der Waals surface area (Å²) in [4.78, 5) is 16.4. The molecule has 0 fully saturated rings. The van der Waals surface area contributed by atoms with Crippen molar-refractivity contribution in [2.75, 3.05) is 5.75 Å². The molecule has 2 aromatic rings. The molecule has 4 nitrogen and oxygen atoms in total. The average molecular weight is 316 g/mol. The summed E-state index contributed by atoms with van der Waals surface area (Å²) in [7, 11) is 0. The van der Waals surface area contributed by atoms with Crippen molar-refractivity contribution in [1.29, 1.82) is 0 Å². The molecular formula is C17H20N2O2S. The maximum atomic E-state index is 11.2.